The number of benzene rings is 2. The van der Waals surface area contributed by atoms with Gasteiger partial charge in [0, 0.05) is 13.2 Å². The minimum atomic E-state index is -0.616. The van der Waals surface area contributed by atoms with Crippen LogP contribution in [0.15, 0.2) is 58.3 Å². The predicted octanol–water partition coefficient (Wildman–Crippen LogP) is 2.90. The smallest absolute Gasteiger partial charge is 0.333 e. The van der Waals surface area contributed by atoms with Gasteiger partial charge in [0.1, 0.15) is 11.3 Å². The number of ether oxygens (including phenoxy) is 1. The summed E-state index contributed by atoms with van der Waals surface area (Å²) in [6, 6.07) is 12.5. The molecule has 2 aromatic carbocycles. The van der Waals surface area contributed by atoms with Crippen LogP contribution in [0.1, 0.15) is 21.5 Å². The van der Waals surface area contributed by atoms with Crippen LogP contribution in [0.3, 0.4) is 0 Å². The van der Waals surface area contributed by atoms with Crippen molar-refractivity contribution in [3.05, 3.63) is 86.2 Å². The lowest BCUT2D eigenvalue weighted by Crippen LogP contribution is -2.34. The summed E-state index contributed by atoms with van der Waals surface area (Å²) in [4.78, 5) is 41.7. The summed E-state index contributed by atoms with van der Waals surface area (Å²) in [5.41, 5.74) is 2.39. The summed E-state index contributed by atoms with van der Waals surface area (Å²) >= 11 is 0. The van der Waals surface area contributed by atoms with Crippen molar-refractivity contribution in [2.45, 2.75) is 13.8 Å². The minimum Gasteiger partial charge on any atom is -0.495 e. The van der Waals surface area contributed by atoms with E-state index in [1.807, 2.05) is 32.0 Å². The zero-order valence-corrected chi connectivity index (χ0v) is 17.6. The van der Waals surface area contributed by atoms with Crippen molar-refractivity contribution in [2.24, 2.45) is 7.05 Å². The molecule has 4 aromatic rings. The summed E-state index contributed by atoms with van der Waals surface area (Å²) in [5, 5.41) is 2.81. The second kappa shape index (κ2) is 7.64. The average molecular weight is 418 g/mol. The monoisotopic (exact) mass is 418 g/mol. The van der Waals surface area contributed by atoms with Crippen LogP contribution in [0, 0.1) is 13.8 Å². The van der Waals surface area contributed by atoms with E-state index in [4.69, 9.17) is 4.74 Å². The van der Waals surface area contributed by atoms with Crippen LogP contribution in [0.5, 0.6) is 5.75 Å². The van der Waals surface area contributed by atoms with E-state index in [1.165, 1.54) is 13.3 Å². The lowest BCUT2D eigenvalue weighted by molar-refractivity contribution is 0.102. The Morgan fingerprint density at radius 2 is 1.71 bits per heavy atom. The van der Waals surface area contributed by atoms with Crippen molar-refractivity contribution < 1.29 is 9.53 Å². The number of amides is 1. The fraction of sp³-hybridized carbons (Fsp3) is 0.174. The van der Waals surface area contributed by atoms with Gasteiger partial charge in [-0.2, -0.15) is 0 Å². The van der Waals surface area contributed by atoms with E-state index >= 15 is 0 Å². The first-order valence-electron chi connectivity index (χ1n) is 9.67. The van der Waals surface area contributed by atoms with Crippen molar-refractivity contribution in [2.75, 3.05) is 12.4 Å². The molecular weight excluding hydrogens is 396 g/mol. The lowest BCUT2D eigenvalue weighted by Gasteiger charge is -2.10. The van der Waals surface area contributed by atoms with Crippen LogP contribution >= 0.6 is 0 Å². The van der Waals surface area contributed by atoms with Crippen molar-refractivity contribution in [3.8, 4) is 11.4 Å². The standard InChI is InChI=1S/C23H22N4O4/c1-13-5-8-15(9-6-13)27-22(29)20-19(25-23(27)30)16(12-26(20)3)21(28)24-17-11-14(2)7-10-18(17)31-4/h5-12H,1-4H3,(H,24,28)(H,25,30). The molecule has 4 rings (SSSR count). The zero-order chi connectivity index (χ0) is 22.3. The number of aromatic nitrogens is 3. The zero-order valence-electron chi connectivity index (χ0n) is 17.6. The molecule has 0 unspecified atom stereocenters. The Hall–Kier alpha value is -4.07. The number of nitrogens with one attached hydrogen (secondary N) is 2. The molecule has 0 aliphatic carbocycles. The molecule has 0 spiro atoms. The molecule has 8 heteroatoms. The molecule has 2 heterocycles. The Morgan fingerprint density at radius 1 is 1.03 bits per heavy atom. The average Bonchev–Trinajstić information content (AvgIpc) is 3.06. The molecule has 2 N–H and O–H groups in total. The largest absolute Gasteiger partial charge is 0.495 e. The first-order valence-corrected chi connectivity index (χ1v) is 9.67. The number of rotatable bonds is 4. The number of anilines is 1. The molecule has 0 saturated carbocycles. The summed E-state index contributed by atoms with van der Waals surface area (Å²) in [5.74, 6) is 0.0482. The number of aromatic amines is 1. The topological polar surface area (TPSA) is 98.1 Å². The van der Waals surface area contributed by atoms with E-state index in [1.54, 1.807) is 35.9 Å². The quantitative estimate of drug-likeness (QED) is 0.532. The van der Waals surface area contributed by atoms with Crippen LogP contribution < -0.4 is 21.3 Å². The summed E-state index contributed by atoms with van der Waals surface area (Å²) < 4.78 is 7.91. The van der Waals surface area contributed by atoms with Gasteiger partial charge >= 0.3 is 5.69 Å². The number of nitrogens with zero attached hydrogens (tertiary/aromatic N) is 2. The number of hydrogen-bond donors (Lipinski definition) is 2. The first-order chi connectivity index (χ1) is 14.8. The van der Waals surface area contributed by atoms with Gasteiger partial charge in [-0.1, -0.05) is 23.8 Å². The van der Waals surface area contributed by atoms with Gasteiger partial charge in [-0.05, 0) is 43.7 Å². The summed E-state index contributed by atoms with van der Waals surface area (Å²) in [6.07, 6.45) is 1.53. The molecule has 0 radical (unpaired) electrons. The highest BCUT2D eigenvalue weighted by molar-refractivity contribution is 6.12. The molecule has 158 valence electrons. The fourth-order valence-electron chi connectivity index (χ4n) is 3.58. The van der Waals surface area contributed by atoms with Crippen LogP contribution in [-0.4, -0.2) is 27.1 Å². The highest BCUT2D eigenvalue weighted by Crippen LogP contribution is 2.26. The van der Waals surface area contributed by atoms with Crippen LogP contribution in [0.4, 0.5) is 5.69 Å². The second-order valence-electron chi connectivity index (χ2n) is 7.44. The van der Waals surface area contributed by atoms with Gasteiger partial charge in [-0.25, -0.2) is 9.36 Å². The molecule has 0 bridgehead atoms. The number of carbonyl (C=O) groups excluding carboxylic acids is 1. The number of H-pyrrole nitrogens is 1. The SMILES string of the molecule is COc1ccc(C)cc1NC(=O)c1cn(C)c2c(=O)n(-c3ccc(C)cc3)c(=O)[nH]c12. The number of aryl methyl sites for hydroxylation is 3. The van der Waals surface area contributed by atoms with E-state index in [0.717, 1.165) is 15.7 Å². The maximum atomic E-state index is 13.2. The predicted molar refractivity (Wildman–Crippen MR) is 120 cm³/mol. The maximum absolute atomic E-state index is 13.2. The lowest BCUT2D eigenvalue weighted by atomic mass is 10.2. The third kappa shape index (κ3) is 3.52. The number of methoxy groups -OCH3 is 1. The second-order valence-corrected chi connectivity index (χ2v) is 7.44. The molecular formula is C23H22N4O4. The minimum absolute atomic E-state index is 0.185. The van der Waals surface area contributed by atoms with E-state index in [2.05, 4.69) is 10.3 Å². The third-order valence-electron chi connectivity index (χ3n) is 5.16. The first kappa shape index (κ1) is 20.2. The van der Waals surface area contributed by atoms with Gasteiger partial charge in [-0.15, -0.1) is 0 Å². The van der Waals surface area contributed by atoms with E-state index in [-0.39, 0.29) is 16.6 Å². The molecule has 0 aliphatic rings. The summed E-state index contributed by atoms with van der Waals surface area (Å²) in [7, 11) is 3.18. The van der Waals surface area contributed by atoms with Crippen molar-refractivity contribution >= 4 is 22.6 Å². The van der Waals surface area contributed by atoms with E-state index < -0.39 is 17.2 Å². The van der Waals surface area contributed by atoms with Gasteiger partial charge in [0.2, 0.25) is 0 Å². The number of fused-ring (bicyclic) bond motifs is 1. The number of hydrogen-bond acceptors (Lipinski definition) is 4. The van der Waals surface area contributed by atoms with Gasteiger partial charge in [0.15, 0.2) is 0 Å². The van der Waals surface area contributed by atoms with E-state index in [9.17, 15) is 14.4 Å². The van der Waals surface area contributed by atoms with E-state index in [0.29, 0.717) is 17.1 Å². The Kier molecular flexibility index (Phi) is 4.98. The molecule has 8 nitrogen and oxygen atoms in total. The van der Waals surface area contributed by atoms with Crippen molar-refractivity contribution in [1.29, 1.82) is 0 Å². The van der Waals surface area contributed by atoms with Crippen LogP contribution in [-0.2, 0) is 7.05 Å². The third-order valence-corrected chi connectivity index (χ3v) is 5.16. The Morgan fingerprint density at radius 3 is 2.39 bits per heavy atom. The Balaban J connectivity index is 1.83. The molecule has 0 saturated heterocycles. The number of carbonyl (C=O) groups is 1. The molecule has 0 atom stereocenters. The molecule has 2 aromatic heterocycles. The van der Waals surface area contributed by atoms with Crippen molar-refractivity contribution in [1.82, 2.24) is 14.1 Å². The Bertz CT molecular complexity index is 1430. The Labute approximate surface area is 177 Å². The highest BCUT2D eigenvalue weighted by atomic mass is 16.5. The van der Waals surface area contributed by atoms with Gasteiger partial charge in [0.25, 0.3) is 11.5 Å². The molecule has 1 amide bonds. The molecule has 0 aliphatic heterocycles. The highest BCUT2D eigenvalue weighted by Gasteiger charge is 2.21. The van der Waals surface area contributed by atoms with Crippen LogP contribution in [0.2, 0.25) is 0 Å². The van der Waals surface area contributed by atoms with Gasteiger partial charge in [-0.3, -0.25) is 9.59 Å². The normalized spacial score (nSPS) is 11.0. The van der Waals surface area contributed by atoms with Gasteiger partial charge in [0.05, 0.1) is 29.6 Å². The molecule has 0 fully saturated rings. The molecule has 31 heavy (non-hydrogen) atoms. The maximum Gasteiger partial charge on any atom is 0.333 e. The summed E-state index contributed by atoms with van der Waals surface area (Å²) in [6.45, 7) is 3.82. The van der Waals surface area contributed by atoms with Gasteiger partial charge < -0.3 is 19.6 Å². The van der Waals surface area contributed by atoms with Crippen LogP contribution in [0.25, 0.3) is 16.7 Å². The van der Waals surface area contributed by atoms with Crippen molar-refractivity contribution in [3.63, 3.8) is 0 Å². The fourth-order valence-corrected chi connectivity index (χ4v) is 3.58.